The third-order valence-corrected chi connectivity index (χ3v) is 7.44. The molecule has 0 spiro atoms. The summed E-state index contributed by atoms with van der Waals surface area (Å²) in [6.45, 7) is 2.65. The van der Waals surface area contributed by atoms with E-state index in [2.05, 4.69) is 42.3 Å². The zero-order valence-electron chi connectivity index (χ0n) is 19.9. The smallest absolute Gasteiger partial charge is 0.198 e. The fraction of sp³-hybridized carbons (Fsp3) is 0.464. The van der Waals surface area contributed by atoms with Crippen molar-refractivity contribution >= 4 is 23.2 Å². The molecule has 6 heteroatoms. The van der Waals surface area contributed by atoms with Gasteiger partial charge in [-0.1, -0.05) is 78.9 Å². The molecule has 34 heavy (non-hydrogen) atoms. The third kappa shape index (κ3) is 7.32. The number of aromatic nitrogens is 1. The summed E-state index contributed by atoms with van der Waals surface area (Å²) >= 11 is 12.0. The van der Waals surface area contributed by atoms with Gasteiger partial charge in [0.25, 0.3) is 0 Å². The number of benzene rings is 2. The van der Waals surface area contributed by atoms with Crippen LogP contribution in [0.25, 0.3) is 0 Å². The summed E-state index contributed by atoms with van der Waals surface area (Å²) in [7, 11) is 2.08. The summed E-state index contributed by atoms with van der Waals surface area (Å²) in [5, 5.41) is 1.12. The van der Waals surface area contributed by atoms with Crippen LogP contribution in [0.15, 0.2) is 59.1 Å². The molecule has 0 unspecified atom stereocenters. The van der Waals surface area contributed by atoms with E-state index in [4.69, 9.17) is 37.3 Å². The molecule has 0 bridgehead atoms. The van der Waals surface area contributed by atoms with E-state index in [-0.39, 0.29) is 0 Å². The molecule has 1 atom stereocenters. The monoisotopic (exact) mass is 500 g/mol. The molecule has 4 nitrogen and oxygen atoms in total. The first-order valence-electron chi connectivity index (χ1n) is 12.3. The highest BCUT2D eigenvalue weighted by molar-refractivity contribution is 6.42. The van der Waals surface area contributed by atoms with Crippen LogP contribution in [0.5, 0.6) is 0 Å². The number of hydrogen-bond acceptors (Lipinski definition) is 4. The minimum atomic E-state index is 0.344. The van der Waals surface area contributed by atoms with Gasteiger partial charge in [-0.25, -0.2) is 4.98 Å². The van der Waals surface area contributed by atoms with Gasteiger partial charge in [0.05, 0.1) is 36.0 Å². The van der Waals surface area contributed by atoms with Gasteiger partial charge in [0.2, 0.25) is 0 Å². The van der Waals surface area contributed by atoms with E-state index in [0.717, 1.165) is 30.2 Å². The topological polar surface area (TPSA) is 38.5 Å². The van der Waals surface area contributed by atoms with E-state index in [0.29, 0.717) is 41.6 Å². The molecule has 1 fully saturated rings. The SMILES string of the molecule is CN(CCOCc1ccc(Cl)c(Cl)c1)Cc1cnc([C@H](Cc2ccccc2)C2CCCCC2)o1. The Morgan fingerprint density at radius 1 is 1.03 bits per heavy atom. The van der Waals surface area contributed by atoms with Crippen LogP contribution in [0.2, 0.25) is 10.0 Å². The van der Waals surface area contributed by atoms with Crippen molar-refractivity contribution in [2.24, 2.45) is 5.92 Å². The number of hydrogen-bond donors (Lipinski definition) is 0. The Labute approximate surface area is 213 Å². The van der Waals surface area contributed by atoms with Crippen molar-refractivity contribution in [2.45, 2.75) is 57.6 Å². The molecule has 2 aromatic carbocycles. The van der Waals surface area contributed by atoms with Crippen LogP contribution in [0.4, 0.5) is 0 Å². The molecule has 4 rings (SSSR count). The number of nitrogens with zero attached hydrogens (tertiary/aromatic N) is 2. The second-order valence-electron chi connectivity index (χ2n) is 9.40. The highest BCUT2D eigenvalue weighted by Gasteiger charge is 2.29. The molecule has 0 saturated heterocycles. The lowest BCUT2D eigenvalue weighted by atomic mass is 9.77. The molecule has 0 amide bonds. The minimum absolute atomic E-state index is 0.344. The van der Waals surface area contributed by atoms with Crippen LogP contribution in [0.1, 0.15) is 60.8 Å². The first-order valence-corrected chi connectivity index (χ1v) is 13.0. The van der Waals surface area contributed by atoms with Gasteiger partial charge in [0.1, 0.15) is 5.76 Å². The first-order chi connectivity index (χ1) is 16.6. The summed E-state index contributed by atoms with van der Waals surface area (Å²) in [4.78, 5) is 6.94. The van der Waals surface area contributed by atoms with Crippen molar-refractivity contribution in [1.29, 1.82) is 0 Å². The Hall–Kier alpha value is -1.85. The highest BCUT2D eigenvalue weighted by atomic mass is 35.5. The summed E-state index contributed by atoms with van der Waals surface area (Å²) < 4.78 is 12.1. The standard InChI is InChI=1S/C28H34Cl2N2O2/c1-32(14-15-33-20-22-12-13-26(29)27(30)17-22)19-24-18-31-28(34-24)25(23-10-6-3-7-11-23)16-21-8-4-2-5-9-21/h2,4-5,8-9,12-13,17-18,23,25H,3,6-7,10-11,14-16,19-20H2,1H3/t25-/m1/s1. The Morgan fingerprint density at radius 3 is 2.59 bits per heavy atom. The Balaban J connectivity index is 1.29. The molecule has 1 aliphatic rings. The van der Waals surface area contributed by atoms with E-state index in [1.165, 1.54) is 37.7 Å². The van der Waals surface area contributed by atoms with Gasteiger partial charge in [0.15, 0.2) is 5.89 Å². The van der Waals surface area contributed by atoms with Gasteiger partial charge < -0.3 is 9.15 Å². The number of ether oxygens (including phenoxy) is 1. The van der Waals surface area contributed by atoms with Crippen molar-refractivity contribution < 1.29 is 9.15 Å². The lowest BCUT2D eigenvalue weighted by molar-refractivity contribution is 0.0960. The predicted molar refractivity (Wildman–Crippen MR) is 138 cm³/mol. The molecule has 1 aliphatic carbocycles. The summed E-state index contributed by atoms with van der Waals surface area (Å²) in [5.41, 5.74) is 2.37. The second-order valence-corrected chi connectivity index (χ2v) is 10.2. The van der Waals surface area contributed by atoms with Crippen LogP contribution in [-0.2, 0) is 24.3 Å². The highest BCUT2D eigenvalue weighted by Crippen LogP contribution is 2.38. The maximum Gasteiger partial charge on any atom is 0.198 e. The molecule has 0 aliphatic heterocycles. The van der Waals surface area contributed by atoms with Crippen molar-refractivity contribution in [3.05, 3.63) is 87.6 Å². The summed E-state index contributed by atoms with van der Waals surface area (Å²) in [5.74, 6) is 2.80. The van der Waals surface area contributed by atoms with Crippen LogP contribution < -0.4 is 0 Å². The molecule has 1 aromatic heterocycles. The number of halogens is 2. The van der Waals surface area contributed by atoms with Gasteiger partial charge in [-0.2, -0.15) is 0 Å². The van der Waals surface area contributed by atoms with E-state index >= 15 is 0 Å². The van der Waals surface area contributed by atoms with Gasteiger partial charge in [-0.05, 0) is 55.5 Å². The van der Waals surface area contributed by atoms with E-state index in [1.54, 1.807) is 6.07 Å². The maximum atomic E-state index is 6.32. The van der Waals surface area contributed by atoms with Gasteiger partial charge >= 0.3 is 0 Å². The summed E-state index contributed by atoms with van der Waals surface area (Å²) in [6.07, 6.45) is 9.41. The van der Waals surface area contributed by atoms with Crippen molar-refractivity contribution in [1.82, 2.24) is 9.88 Å². The second kappa shape index (κ2) is 12.7. The van der Waals surface area contributed by atoms with Crippen LogP contribution in [0, 0.1) is 5.92 Å². The Bertz CT molecular complexity index is 1020. The largest absolute Gasteiger partial charge is 0.444 e. The van der Waals surface area contributed by atoms with Crippen LogP contribution >= 0.6 is 23.2 Å². The number of oxazole rings is 1. The molecule has 0 radical (unpaired) electrons. The Morgan fingerprint density at radius 2 is 1.82 bits per heavy atom. The first kappa shape index (κ1) is 25.2. The average molecular weight is 501 g/mol. The average Bonchev–Trinajstić information content (AvgIpc) is 3.31. The fourth-order valence-corrected chi connectivity index (χ4v) is 5.13. The van der Waals surface area contributed by atoms with E-state index in [9.17, 15) is 0 Å². The minimum Gasteiger partial charge on any atom is -0.444 e. The van der Waals surface area contributed by atoms with E-state index < -0.39 is 0 Å². The molecule has 182 valence electrons. The van der Waals surface area contributed by atoms with Gasteiger partial charge in [-0.3, -0.25) is 4.90 Å². The lowest BCUT2D eigenvalue weighted by Gasteiger charge is -2.28. The quantitative estimate of drug-likeness (QED) is 0.255. The third-order valence-electron chi connectivity index (χ3n) is 6.70. The summed E-state index contributed by atoms with van der Waals surface area (Å²) in [6, 6.07) is 16.3. The molecule has 3 aromatic rings. The molecule has 1 saturated carbocycles. The van der Waals surface area contributed by atoms with Crippen molar-refractivity contribution in [3.8, 4) is 0 Å². The normalized spacial score (nSPS) is 15.6. The number of likely N-dealkylation sites (N-methyl/N-ethyl adjacent to an activating group) is 1. The van der Waals surface area contributed by atoms with Crippen molar-refractivity contribution in [3.63, 3.8) is 0 Å². The number of rotatable bonds is 11. The van der Waals surface area contributed by atoms with E-state index in [1.807, 2.05) is 18.3 Å². The Kier molecular flexibility index (Phi) is 9.46. The lowest BCUT2D eigenvalue weighted by Crippen LogP contribution is -2.22. The van der Waals surface area contributed by atoms with Gasteiger partial charge in [-0.15, -0.1) is 0 Å². The van der Waals surface area contributed by atoms with Crippen LogP contribution in [-0.4, -0.2) is 30.1 Å². The van der Waals surface area contributed by atoms with Gasteiger partial charge in [0, 0.05) is 12.5 Å². The zero-order valence-corrected chi connectivity index (χ0v) is 21.4. The molecule has 0 N–H and O–H groups in total. The molecule has 1 heterocycles. The fourth-order valence-electron chi connectivity index (χ4n) is 4.81. The molecular weight excluding hydrogens is 467 g/mol. The van der Waals surface area contributed by atoms with Crippen molar-refractivity contribution in [2.75, 3.05) is 20.2 Å². The maximum absolute atomic E-state index is 6.32. The predicted octanol–water partition coefficient (Wildman–Crippen LogP) is 7.54. The molecular formula is C28H34Cl2N2O2. The zero-order chi connectivity index (χ0) is 23.8. The van der Waals surface area contributed by atoms with Crippen LogP contribution in [0.3, 0.4) is 0 Å².